The number of aromatic amines is 1. The largest absolute Gasteiger partial charge is 0.489 e. The number of H-pyrrole nitrogens is 1. The van der Waals surface area contributed by atoms with Crippen molar-refractivity contribution >= 4 is 28.6 Å². The summed E-state index contributed by atoms with van der Waals surface area (Å²) in [6.45, 7) is 1.83. The van der Waals surface area contributed by atoms with E-state index in [1.54, 1.807) is 6.20 Å². The predicted octanol–water partition coefficient (Wildman–Crippen LogP) is 5.43. The molecular weight excluding hydrogens is 594 g/mol. The zero-order chi connectivity index (χ0) is 32.4. The van der Waals surface area contributed by atoms with Gasteiger partial charge in [0.2, 0.25) is 5.91 Å². The van der Waals surface area contributed by atoms with Crippen LogP contribution in [0.25, 0.3) is 10.9 Å². The summed E-state index contributed by atoms with van der Waals surface area (Å²) in [5.74, 6) is -0.0532. The highest BCUT2D eigenvalue weighted by atomic mass is 16.5. The van der Waals surface area contributed by atoms with E-state index >= 15 is 0 Å². The highest BCUT2D eigenvalue weighted by Gasteiger charge is 2.33. The molecule has 1 saturated heterocycles. The van der Waals surface area contributed by atoms with E-state index in [1.165, 1.54) is 7.11 Å². The molecule has 3 atom stereocenters. The number of aromatic nitrogens is 2. The molecule has 242 valence electrons. The van der Waals surface area contributed by atoms with Crippen LogP contribution in [-0.2, 0) is 20.7 Å². The van der Waals surface area contributed by atoms with Gasteiger partial charge in [-0.3, -0.25) is 9.89 Å². The molecule has 10 nitrogen and oxygen atoms in total. The molecular formula is C37H39N5O5. The summed E-state index contributed by atoms with van der Waals surface area (Å²) >= 11 is 0. The molecule has 1 aliphatic heterocycles. The number of ether oxygens (including phenoxy) is 3. The number of hydrogen-bond donors (Lipinski definition) is 4. The van der Waals surface area contributed by atoms with E-state index in [1.807, 2.05) is 103 Å². The second kappa shape index (κ2) is 15.4. The quantitative estimate of drug-likeness (QED) is 0.144. The van der Waals surface area contributed by atoms with E-state index in [0.717, 1.165) is 46.3 Å². The highest BCUT2D eigenvalue weighted by Crippen LogP contribution is 2.30. The fourth-order valence-corrected chi connectivity index (χ4v) is 6.06. The van der Waals surface area contributed by atoms with Crippen LogP contribution < -0.4 is 20.7 Å². The first-order valence-corrected chi connectivity index (χ1v) is 15.8. The van der Waals surface area contributed by atoms with Crippen LogP contribution in [0.4, 0.5) is 10.5 Å². The Balaban J connectivity index is 1.13. The van der Waals surface area contributed by atoms with Crippen molar-refractivity contribution in [2.45, 2.75) is 37.0 Å². The minimum absolute atomic E-state index is 0.0293. The molecule has 2 amide bonds. The second-order valence-electron chi connectivity index (χ2n) is 11.5. The minimum Gasteiger partial charge on any atom is -0.489 e. The van der Waals surface area contributed by atoms with Gasteiger partial charge >= 0.3 is 6.09 Å². The van der Waals surface area contributed by atoms with Gasteiger partial charge in [-0.15, -0.1) is 0 Å². The van der Waals surface area contributed by atoms with Gasteiger partial charge in [-0.2, -0.15) is 5.10 Å². The molecule has 1 aromatic heterocycles. The van der Waals surface area contributed by atoms with E-state index in [-0.39, 0.29) is 18.1 Å². The lowest BCUT2D eigenvalue weighted by Crippen LogP contribution is -2.48. The Morgan fingerprint density at radius 1 is 0.894 bits per heavy atom. The Hall–Kier alpha value is -5.19. The molecule has 10 heteroatoms. The van der Waals surface area contributed by atoms with E-state index in [9.17, 15) is 9.59 Å². The number of anilines is 1. The number of carbonyl (C=O) groups excluding carboxylic acids is 2. The van der Waals surface area contributed by atoms with Crippen LogP contribution in [0.3, 0.4) is 0 Å². The number of nitrogens with zero attached hydrogens (tertiary/aromatic N) is 1. The number of alkyl carbamates (subject to hydrolysis) is 1. The third-order valence-electron chi connectivity index (χ3n) is 8.39. The van der Waals surface area contributed by atoms with E-state index in [2.05, 4.69) is 26.1 Å². The summed E-state index contributed by atoms with van der Waals surface area (Å²) in [6.07, 6.45) is 2.38. The molecule has 0 radical (unpaired) electrons. The van der Waals surface area contributed by atoms with Gasteiger partial charge in [0, 0.05) is 30.1 Å². The Labute approximate surface area is 273 Å². The molecule has 4 N–H and O–H groups in total. The maximum atomic E-state index is 14.1. The van der Waals surface area contributed by atoms with Gasteiger partial charge in [0.15, 0.2) is 0 Å². The normalized spacial score (nSPS) is 16.8. The van der Waals surface area contributed by atoms with Gasteiger partial charge in [-0.05, 0) is 41.7 Å². The van der Waals surface area contributed by atoms with Crippen molar-refractivity contribution in [1.29, 1.82) is 0 Å². The first-order chi connectivity index (χ1) is 23.1. The lowest BCUT2D eigenvalue weighted by atomic mass is 9.84. The SMILES string of the molecule is COC(=O)NC(C(=O)Nc1ccccc1CCC1CNCC(COc2cccc3cn[nH]c23)O1)C(c1ccccc1)c1ccccc1. The van der Waals surface area contributed by atoms with Crippen molar-refractivity contribution in [2.75, 3.05) is 32.1 Å². The van der Waals surface area contributed by atoms with Crippen molar-refractivity contribution < 1.29 is 23.8 Å². The molecule has 1 aliphatic rings. The average molecular weight is 634 g/mol. The van der Waals surface area contributed by atoms with Gasteiger partial charge in [0.05, 0.1) is 19.4 Å². The second-order valence-corrected chi connectivity index (χ2v) is 11.5. The summed E-state index contributed by atoms with van der Waals surface area (Å²) in [6, 6.07) is 32.0. The predicted molar refractivity (Wildman–Crippen MR) is 181 cm³/mol. The molecule has 6 rings (SSSR count). The van der Waals surface area contributed by atoms with Gasteiger partial charge < -0.3 is 30.2 Å². The molecule has 47 heavy (non-hydrogen) atoms. The molecule has 5 aromatic rings. The number of nitrogens with one attached hydrogen (secondary N) is 4. The Morgan fingerprint density at radius 2 is 1.60 bits per heavy atom. The monoisotopic (exact) mass is 633 g/mol. The average Bonchev–Trinajstić information content (AvgIpc) is 3.61. The Kier molecular flexibility index (Phi) is 10.4. The lowest BCUT2D eigenvalue weighted by molar-refractivity contribution is -0.118. The molecule has 1 fully saturated rings. The van der Waals surface area contributed by atoms with Crippen LogP contribution in [0.2, 0.25) is 0 Å². The van der Waals surface area contributed by atoms with Crippen LogP contribution in [0.1, 0.15) is 29.0 Å². The number of fused-ring (bicyclic) bond motifs is 1. The summed E-state index contributed by atoms with van der Waals surface area (Å²) in [5.41, 5.74) is 4.32. The molecule has 4 aromatic carbocycles. The minimum atomic E-state index is -0.945. The lowest BCUT2D eigenvalue weighted by Gasteiger charge is -2.31. The van der Waals surface area contributed by atoms with Crippen molar-refractivity contribution in [1.82, 2.24) is 20.8 Å². The van der Waals surface area contributed by atoms with E-state index in [4.69, 9.17) is 14.2 Å². The van der Waals surface area contributed by atoms with E-state index in [0.29, 0.717) is 25.3 Å². The fourth-order valence-electron chi connectivity index (χ4n) is 6.06. The third kappa shape index (κ3) is 7.97. The summed E-state index contributed by atoms with van der Waals surface area (Å²) in [4.78, 5) is 26.6. The highest BCUT2D eigenvalue weighted by molar-refractivity contribution is 5.98. The van der Waals surface area contributed by atoms with Gasteiger partial charge in [0.25, 0.3) is 0 Å². The fraction of sp³-hybridized carbons (Fsp3) is 0.270. The number of morpholine rings is 1. The Morgan fingerprint density at radius 3 is 2.34 bits per heavy atom. The zero-order valence-corrected chi connectivity index (χ0v) is 26.2. The number of aryl methyl sites for hydroxylation is 1. The topological polar surface area (TPSA) is 127 Å². The molecule has 0 aliphatic carbocycles. The number of carbonyl (C=O) groups is 2. The summed E-state index contributed by atoms with van der Waals surface area (Å²) < 4.78 is 17.5. The maximum absolute atomic E-state index is 14.1. The van der Waals surface area contributed by atoms with Gasteiger partial charge in [0.1, 0.15) is 30.0 Å². The number of hydrogen-bond acceptors (Lipinski definition) is 7. The molecule has 2 heterocycles. The van der Waals surface area contributed by atoms with Gasteiger partial charge in [-0.1, -0.05) is 91.0 Å². The van der Waals surface area contributed by atoms with Gasteiger partial charge in [-0.25, -0.2) is 4.79 Å². The van der Waals surface area contributed by atoms with Crippen LogP contribution in [0.15, 0.2) is 109 Å². The zero-order valence-electron chi connectivity index (χ0n) is 26.2. The smallest absolute Gasteiger partial charge is 0.407 e. The van der Waals surface area contributed by atoms with Crippen LogP contribution in [0, 0.1) is 0 Å². The Bertz CT molecular complexity index is 1720. The third-order valence-corrected chi connectivity index (χ3v) is 8.39. The number of para-hydroxylation sites is 2. The molecule has 0 spiro atoms. The number of rotatable bonds is 12. The van der Waals surface area contributed by atoms with Crippen LogP contribution in [-0.4, -0.2) is 67.3 Å². The maximum Gasteiger partial charge on any atom is 0.407 e. The number of benzene rings is 4. The van der Waals surface area contributed by atoms with Crippen molar-refractivity contribution in [3.63, 3.8) is 0 Å². The van der Waals surface area contributed by atoms with Crippen molar-refractivity contribution in [2.24, 2.45) is 0 Å². The first kappa shape index (κ1) is 31.8. The molecule has 3 unspecified atom stereocenters. The number of amides is 2. The summed E-state index contributed by atoms with van der Waals surface area (Å²) in [7, 11) is 1.29. The number of methoxy groups -OCH3 is 1. The standard InChI is InChI=1S/C37H39N5O5/c1-45-37(44)41-35(33(26-12-4-2-5-13-26)27-14-6-3-7-15-27)36(43)40-31-17-9-8-11-25(31)19-20-29-22-38-23-30(47-29)24-46-32-18-10-16-28-21-39-42-34(28)32/h2-18,21,29-30,33,35,38H,19-20,22-24H2,1H3,(H,39,42)(H,40,43)(H,41,44). The van der Waals surface area contributed by atoms with Crippen molar-refractivity contribution in [3.8, 4) is 5.75 Å². The molecule has 0 bridgehead atoms. The first-order valence-electron chi connectivity index (χ1n) is 15.8. The van der Waals surface area contributed by atoms with Crippen LogP contribution in [0.5, 0.6) is 5.75 Å². The van der Waals surface area contributed by atoms with Crippen LogP contribution >= 0.6 is 0 Å². The molecule has 0 saturated carbocycles. The summed E-state index contributed by atoms with van der Waals surface area (Å²) in [5, 5.41) is 17.5. The van der Waals surface area contributed by atoms with Crippen molar-refractivity contribution in [3.05, 3.63) is 126 Å². The van der Waals surface area contributed by atoms with E-state index < -0.39 is 18.1 Å².